The van der Waals surface area contributed by atoms with E-state index in [0.717, 1.165) is 32.1 Å². The molecule has 104 valence electrons. The van der Waals surface area contributed by atoms with Gasteiger partial charge in [0.1, 0.15) is 0 Å². The highest BCUT2D eigenvalue weighted by atomic mass is 16.2. The molecule has 5 nitrogen and oxygen atoms in total. The average molecular weight is 255 g/mol. The van der Waals surface area contributed by atoms with Gasteiger partial charge >= 0.3 is 0 Å². The molecule has 0 unspecified atom stereocenters. The Kier molecular flexibility index (Phi) is 6.12. The molecule has 5 heteroatoms. The van der Waals surface area contributed by atoms with Gasteiger partial charge in [0.25, 0.3) is 0 Å². The molecule has 0 bridgehead atoms. The highest BCUT2D eigenvalue weighted by molar-refractivity contribution is 5.85. The maximum atomic E-state index is 11.7. The molecule has 0 aromatic rings. The van der Waals surface area contributed by atoms with Crippen LogP contribution in [0.5, 0.6) is 0 Å². The molecule has 0 aliphatic heterocycles. The Labute approximate surface area is 109 Å². The monoisotopic (exact) mass is 255 g/mol. The van der Waals surface area contributed by atoms with Gasteiger partial charge in [-0.05, 0) is 19.3 Å². The van der Waals surface area contributed by atoms with Crippen molar-refractivity contribution in [2.24, 2.45) is 5.73 Å². The predicted octanol–water partition coefficient (Wildman–Crippen LogP) is 0.681. The summed E-state index contributed by atoms with van der Waals surface area (Å²) in [5.41, 5.74) is 5.83. The van der Waals surface area contributed by atoms with Gasteiger partial charge in [-0.2, -0.15) is 0 Å². The second kappa shape index (κ2) is 7.36. The molecular weight excluding hydrogens is 230 g/mol. The number of hydrogen-bond acceptors (Lipinski definition) is 3. The van der Waals surface area contributed by atoms with E-state index in [9.17, 15) is 9.59 Å². The molecule has 0 heterocycles. The quantitative estimate of drug-likeness (QED) is 0.652. The summed E-state index contributed by atoms with van der Waals surface area (Å²) in [6.07, 6.45) is 6.44. The fourth-order valence-electron chi connectivity index (χ4n) is 2.32. The fraction of sp³-hybridized carbons (Fsp3) is 0.846. The van der Waals surface area contributed by atoms with Crippen molar-refractivity contribution in [1.29, 1.82) is 0 Å². The lowest BCUT2D eigenvalue weighted by Gasteiger charge is -2.32. The second-order valence-corrected chi connectivity index (χ2v) is 5.23. The maximum absolute atomic E-state index is 11.7. The molecule has 0 saturated heterocycles. The summed E-state index contributed by atoms with van der Waals surface area (Å²) in [4.78, 5) is 23.0. The summed E-state index contributed by atoms with van der Waals surface area (Å²) in [5.74, 6) is -0.258. The molecule has 0 aromatic heterocycles. The van der Waals surface area contributed by atoms with Crippen LogP contribution in [0.4, 0.5) is 0 Å². The number of carbonyl (C=O) groups is 2. The van der Waals surface area contributed by atoms with Gasteiger partial charge in [-0.15, -0.1) is 0 Å². The van der Waals surface area contributed by atoms with Gasteiger partial charge in [0.2, 0.25) is 11.8 Å². The van der Waals surface area contributed by atoms with Crippen molar-refractivity contribution in [3.8, 4) is 0 Å². The standard InChI is InChI=1S/C13H25N3O2/c1-2-8-15-12(18)10-16-11(17)9-13(14)6-4-3-5-7-13/h2-10,14H2,1H3,(H,15,18)(H,16,17). The largest absolute Gasteiger partial charge is 0.355 e. The van der Waals surface area contributed by atoms with E-state index in [1.807, 2.05) is 6.92 Å². The Balaban J connectivity index is 2.22. The van der Waals surface area contributed by atoms with Crippen LogP contribution in [0.1, 0.15) is 51.9 Å². The molecule has 1 fully saturated rings. The molecule has 4 N–H and O–H groups in total. The van der Waals surface area contributed by atoms with Crippen molar-refractivity contribution in [3.05, 3.63) is 0 Å². The van der Waals surface area contributed by atoms with Gasteiger partial charge in [-0.3, -0.25) is 9.59 Å². The van der Waals surface area contributed by atoms with E-state index in [1.165, 1.54) is 6.42 Å². The fourth-order valence-corrected chi connectivity index (χ4v) is 2.32. The summed E-state index contributed by atoms with van der Waals surface area (Å²) in [7, 11) is 0. The third-order valence-corrected chi connectivity index (χ3v) is 3.38. The highest BCUT2D eigenvalue weighted by Gasteiger charge is 2.29. The summed E-state index contributed by atoms with van der Waals surface area (Å²) in [6.45, 7) is 2.69. The van der Waals surface area contributed by atoms with Crippen molar-refractivity contribution in [2.45, 2.75) is 57.4 Å². The minimum absolute atomic E-state index is 0.0505. The zero-order valence-corrected chi connectivity index (χ0v) is 11.3. The molecule has 0 aromatic carbocycles. The molecule has 1 aliphatic rings. The third-order valence-electron chi connectivity index (χ3n) is 3.38. The molecule has 1 rings (SSSR count). The molecule has 0 spiro atoms. The van der Waals surface area contributed by atoms with E-state index in [-0.39, 0.29) is 23.9 Å². The molecule has 0 atom stereocenters. The van der Waals surface area contributed by atoms with Crippen LogP contribution in [0, 0.1) is 0 Å². The summed E-state index contributed by atoms with van der Waals surface area (Å²) in [5, 5.41) is 5.35. The first kappa shape index (κ1) is 15.0. The van der Waals surface area contributed by atoms with Crippen LogP contribution in [-0.2, 0) is 9.59 Å². The van der Waals surface area contributed by atoms with Crippen molar-refractivity contribution < 1.29 is 9.59 Å². The Morgan fingerprint density at radius 1 is 1.11 bits per heavy atom. The van der Waals surface area contributed by atoms with Crippen LogP contribution in [-0.4, -0.2) is 30.4 Å². The van der Waals surface area contributed by atoms with E-state index < -0.39 is 0 Å². The first-order valence-electron chi connectivity index (χ1n) is 6.88. The number of rotatable bonds is 6. The molecule has 18 heavy (non-hydrogen) atoms. The van der Waals surface area contributed by atoms with Gasteiger partial charge in [-0.1, -0.05) is 26.2 Å². The Hall–Kier alpha value is -1.10. The zero-order valence-electron chi connectivity index (χ0n) is 11.3. The van der Waals surface area contributed by atoms with Crippen LogP contribution < -0.4 is 16.4 Å². The van der Waals surface area contributed by atoms with Crippen LogP contribution in [0.25, 0.3) is 0 Å². The smallest absolute Gasteiger partial charge is 0.239 e. The van der Waals surface area contributed by atoms with E-state index in [4.69, 9.17) is 5.73 Å². The van der Waals surface area contributed by atoms with Crippen molar-refractivity contribution in [3.63, 3.8) is 0 Å². The van der Waals surface area contributed by atoms with Crippen molar-refractivity contribution >= 4 is 11.8 Å². The van der Waals surface area contributed by atoms with Crippen LogP contribution in [0.2, 0.25) is 0 Å². The topological polar surface area (TPSA) is 84.2 Å². The number of hydrogen-bond donors (Lipinski definition) is 3. The van der Waals surface area contributed by atoms with E-state index >= 15 is 0 Å². The summed E-state index contributed by atoms with van der Waals surface area (Å²) < 4.78 is 0. The first-order chi connectivity index (χ1) is 8.56. The SMILES string of the molecule is CCCNC(=O)CNC(=O)CC1(N)CCCCC1. The van der Waals surface area contributed by atoms with Crippen LogP contribution >= 0.6 is 0 Å². The lowest BCUT2D eigenvalue weighted by atomic mass is 9.80. The lowest BCUT2D eigenvalue weighted by Crippen LogP contribution is -2.47. The Morgan fingerprint density at radius 2 is 1.78 bits per heavy atom. The normalized spacial score (nSPS) is 18.1. The van der Waals surface area contributed by atoms with E-state index in [2.05, 4.69) is 10.6 Å². The molecule has 2 amide bonds. The Morgan fingerprint density at radius 3 is 2.39 bits per heavy atom. The van der Waals surface area contributed by atoms with E-state index in [0.29, 0.717) is 13.0 Å². The van der Waals surface area contributed by atoms with Crippen LogP contribution in [0.15, 0.2) is 0 Å². The Bertz CT molecular complexity index is 286. The lowest BCUT2D eigenvalue weighted by molar-refractivity contribution is -0.127. The zero-order chi connectivity index (χ0) is 13.4. The average Bonchev–Trinajstić information content (AvgIpc) is 2.34. The van der Waals surface area contributed by atoms with Crippen molar-refractivity contribution in [2.75, 3.05) is 13.1 Å². The maximum Gasteiger partial charge on any atom is 0.239 e. The van der Waals surface area contributed by atoms with E-state index in [1.54, 1.807) is 0 Å². The third kappa shape index (κ3) is 5.49. The molecule has 1 aliphatic carbocycles. The van der Waals surface area contributed by atoms with Gasteiger partial charge in [0, 0.05) is 18.5 Å². The first-order valence-corrected chi connectivity index (χ1v) is 6.88. The minimum Gasteiger partial charge on any atom is -0.355 e. The number of nitrogens with one attached hydrogen (secondary N) is 2. The van der Waals surface area contributed by atoms with Gasteiger partial charge in [-0.25, -0.2) is 0 Å². The summed E-state index contributed by atoms with van der Waals surface area (Å²) in [6, 6.07) is 0. The van der Waals surface area contributed by atoms with Crippen molar-refractivity contribution in [1.82, 2.24) is 10.6 Å². The summed E-state index contributed by atoms with van der Waals surface area (Å²) >= 11 is 0. The number of nitrogens with two attached hydrogens (primary N) is 1. The number of carbonyl (C=O) groups excluding carboxylic acids is 2. The van der Waals surface area contributed by atoms with Gasteiger partial charge in [0.05, 0.1) is 6.54 Å². The highest BCUT2D eigenvalue weighted by Crippen LogP contribution is 2.28. The minimum atomic E-state index is -0.359. The molecular formula is C13H25N3O2. The predicted molar refractivity (Wildman–Crippen MR) is 70.9 cm³/mol. The number of amides is 2. The van der Waals surface area contributed by atoms with Gasteiger partial charge in [0.15, 0.2) is 0 Å². The molecule has 1 saturated carbocycles. The van der Waals surface area contributed by atoms with Gasteiger partial charge < -0.3 is 16.4 Å². The second-order valence-electron chi connectivity index (χ2n) is 5.23. The van der Waals surface area contributed by atoms with Crippen LogP contribution in [0.3, 0.4) is 0 Å². The molecule has 0 radical (unpaired) electrons.